The second-order valence-electron chi connectivity index (χ2n) is 9.14. The minimum absolute atomic E-state index is 0.0503. The molecule has 5 nitrogen and oxygen atoms in total. The highest BCUT2D eigenvalue weighted by Crippen LogP contribution is 2.24. The zero-order valence-corrected chi connectivity index (χ0v) is 20.9. The number of aliphatic hydroxyl groups is 1. The molecular formula is C31H35N3O2. The average molecular weight is 482 g/mol. The minimum atomic E-state index is -0.140. The van der Waals surface area contributed by atoms with Crippen LogP contribution in [0.3, 0.4) is 0 Å². The van der Waals surface area contributed by atoms with Crippen molar-refractivity contribution in [1.82, 2.24) is 15.5 Å². The maximum absolute atomic E-state index is 13.2. The first kappa shape index (κ1) is 25.4. The first-order valence-corrected chi connectivity index (χ1v) is 12.6. The summed E-state index contributed by atoms with van der Waals surface area (Å²) in [6.07, 6.45) is 0.539. The molecule has 0 fully saturated rings. The highest BCUT2D eigenvalue weighted by atomic mass is 16.3. The van der Waals surface area contributed by atoms with E-state index in [2.05, 4.69) is 71.3 Å². The van der Waals surface area contributed by atoms with Crippen molar-refractivity contribution in [2.24, 2.45) is 0 Å². The molecule has 0 aromatic heterocycles. The van der Waals surface area contributed by atoms with Gasteiger partial charge in [-0.15, -0.1) is 0 Å². The summed E-state index contributed by atoms with van der Waals surface area (Å²) in [5.74, 6) is 0. The van der Waals surface area contributed by atoms with Crippen LogP contribution in [0.2, 0.25) is 0 Å². The fraction of sp³-hybridized carbons (Fsp3) is 0.258. The monoisotopic (exact) mass is 481 g/mol. The lowest BCUT2D eigenvalue weighted by molar-refractivity contribution is 0.183. The van der Waals surface area contributed by atoms with E-state index < -0.39 is 0 Å². The Labute approximate surface area is 213 Å². The summed E-state index contributed by atoms with van der Waals surface area (Å²) in [7, 11) is 0. The Morgan fingerprint density at radius 1 is 0.806 bits per heavy atom. The van der Waals surface area contributed by atoms with Gasteiger partial charge < -0.3 is 20.6 Å². The van der Waals surface area contributed by atoms with Gasteiger partial charge >= 0.3 is 6.03 Å². The number of amides is 2. The molecule has 36 heavy (non-hydrogen) atoms. The molecule has 0 aliphatic heterocycles. The van der Waals surface area contributed by atoms with Crippen LogP contribution in [0.1, 0.15) is 41.6 Å². The van der Waals surface area contributed by atoms with E-state index in [4.69, 9.17) is 0 Å². The Kier molecular flexibility index (Phi) is 9.09. The Bertz CT molecular complexity index is 1240. The summed E-state index contributed by atoms with van der Waals surface area (Å²) < 4.78 is 0. The van der Waals surface area contributed by atoms with E-state index in [0.717, 1.165) is 35.0 Å². The van der Waals surface area contributed by atoms with E-state index in [0.29, 0.717) is 19.5 Å². The number of hydrogen-bond donors (Lipinski definition) is 3. The predicted molar refractivity (Wildman–Crippen MR) is 146 cm³/mol. The summed E-state index contributed by atoms with van der Waals surface area (Å²) >= 11 is 0. The van der Waals surface area contributed by atoms with Crippen molar-refractivity contribution < 1.29 is 9.90 Å². The lowest BCUT2D eigenvalue weighted by Crippen LogP contribution is -2.41. The Hall–Kier alpha value is -3.67. The van der Waals surface area contributed by atoms with Gasteiger partial charge in [0.1, 0.15) is 0 Å². The molecule has 0 saturated heterocycles. The summed E-state index contributed by atoms with van der Waals surface area (Å²) in [5.41, 5.74) is 4.62. The molecular weight excluding hydrogens is 446 g/mol. The first-order valence-electron chi connectivity index (χ1n) is 12.6. The fourth-order valence-corrected chi connectivity index (χ4v) is 4.43. The molecule has 4 aromatic rings. The molecule has 5 heteroatoms. The van der Waals surface area contributed by atoms with E-state index in [-0.39, 0.29) is 18.7 Å². The molecule has 0 saturated carbocycles. The van der Waals surface area contributed by atoms with Crippen molar-refractivity contribution in [3.8, 4) is 0 Å². The Balaban J connectivity index is 1.36. The minimum Gasteiger partial charge on any atom is -0.396 e. The zero-order valence-electron chi connectivity index (χ0n) is 20.9. The molecule has 2 amide bonds. The number of benzene rings is 4. The molecule has 0 radical (unpaired) electrons. The molecule has 1 unspecified atom stereocenters. The number of rotatable bonds is 11. The van der Waals surface area contributed by atoms with Gasteiger partial charge in [-0.2, -0.15) is 0 Å². The average Bonchev–Trinajstić information content (AvgIpc) is 2.92. The standard InChI is InChI=1S/C31H35N3O2/c1-24(29-14-7-12-28-11-5-6-13-30(28)29)33-31(36)34(19-8-20-35)23-27-17-15-26(16-18-27)22-32-21-25-9-3-2-4-10-25/h2-7,9-18,24,32,35H,8,19-23H2,1H3,(H,33,36). The number of urea groups is 1. The Morgan fingerprint density at radius 2 is 1.44 bits per heavy atom. The van der Waals surface area contributed by atoms with Crippen LogP contribution in [0.15, 0.2) is 97.1 Å². The van der Waals surface area contributed by atoms with Crippen molar-refractivity contribution in [1.29, 1.82) is 0 Å². The van der Waals surface area contributed by atoms with Gasteiger partial charge in [-0.05, 0) is 46.4 Å². The summed E-state index contributed by atoms with van der Waals surface area (Å²) in [4.78, 5) is 15.0. The maximum atomic E-state index is 13.2. The lowest BCUT2D eigenvalue weighted by Gasteiger charge is -2.26. The molecule has 4 rings (SSSR count). The van der Waals surface area contributed by atoms with Gasteiger partial charge in [0, 0.05) is 32.8 Å². The van der Waals surface area contributed by atoms with Crippen LogP contribution in [0.5, 0.6) is 0 Å². The molecule has 0 heterocycles. The Morgan fingerprint density at radius 3 is 2.19 bits per heavy atom. The summed E-state index contributed by atoms with van der Waals surface area (Å²) in [6, 6.07) is 32.8. The number of carbonyl (C=O) groups is 1. The molecule has 0 aliphatic rings. The third kappa shape index (κ3) is 6.94. The van der Waals surface area contributed by atoms with Crippen molar-refractivity contribution in [3.05, 3.63) is 119 Å². The van der Waals surface area contributed by atoms with Gasteiger partial charge in [0.2, 0.25) is 0 Å². The van der Waals surface area contributed by atoms with E-state index in [1.165, 1.54) is 11.1 Å². The molecule has 3 N–H and O–H groups in total. The van der Waals surface area contributed by atoms with Gasteiger partial charge in [-0.25, -0.2) is 4.79 Å². The molecule has 0 bridgehead atoms. The van der Waals surface area contributed by atoms with Gasteiger partial charge in [0.25, 0.3) is 0 Å². The van der Waals surface area contributed by atoms with Crippen LogP contribution >= 0.6 is 0 Å². The van der Waals surface area contributed by atoms with E-state index >= 15 is 0 Å². The fourth-order valence-electron chi connectivity index (χ4n) is 4.43. The van der Waals surface area contributed by atoms with Crippen LogP contribution in [0.4, 0.5) is 4.79 Å². The van der Waals surface area contributed by atoms with Gasteiger partial charge in [0.15, 0.2) is 0 Å². The quantitative estimate of drug-likeness (QED) is 0.254. The normalized spacial score (nSPS) is 11.8. The zero-order chi connectivity index (χ0) is 25.2. The molecule has 0 spiro atoms. The largest absolute Gasteiger partial charge is 0.396 e. The van der Waals surface area contributed by atoms with Crippen molar-refractivity contribution >= 4 is 16.8 Å². The maximum Gasteiger partial charge on any atom is 0.318 e. The summed E-state index contributed by atoms with van der Waals surface area (Å²) in [5, 5.41) is 18.3. The van der Waals surface area contributed by atoms with Crippen LogP contribution in [0, 0.1) is 0 Å². The third-order valence-corrected chi connectivity index (χ3v) is 6.40. The second-order valence-corrected chi connectivity index (χ2v) is 9.14. The second kappa shape index (κ2) is 12.9. The SMILES string of the molecule is CC(NC(=O)N(CCCO)Cc1ccc(CNCc2ccccc2)cc1)c1cccc2ccccc12. The number of carbonyl (C=O) groups excluding carboxylic acids is 1. The van der Waals surface area contributed by atoms with E-state index in [9.17, 15) is 9.90 Å². The highest BCUT2D eigenvalue weighted by Gasteiger charge is 2.18. The van der Waals surface area contributed by atoms with Gasteiger partial charge in [-0.3, -0.25) is 0 Å². The third-order valence-electron chi connectivity index (χ3n) is 6.40. The van der Waals surface area contributed by atoms with Crippen LogP contribution in [-0.2, 0) is 19.6 Å². The molecule has 186 valence electrons. The smallest absolute Gasteiger partial charge is 0.318 e. The molecule has 1 atom stereocenters. The number of aliphatic hydroxyl groups excluding tert-OH is 1. The van der Waals surface area contributed by atoms with Crippen molar-refractivity contribution in [2.75, 3.05) is 13.2 Å². The van der Waals surface area contributed by atoms with Gasteiger partial charge in [0.05, 0.1) is 6.04 Å². The lowest BCUT2D eigenvalue weighted by atomic mass is 10.00. The van der Waals surface area contributed by atoms with E-state index in [1.807, 2.05) is 43.3 Å². The number of hydrogen-bond acceptors (Lipinski definition) is 3. The first-order chi connectivity index (χ1) is 17.6. The summed E-state index contributed by atoms with van der Waals surface area (Å²) in [6.45, 7) is 4.66. The number of nitrogens with one attached hydrogen (secondary N) is 2. The van der Waals surface area contributed by atoms with Crippen molar-refractivity contribution in [3.63, 3.8) is 0 Å². The highest BCUT2D eigenvalue weighted by molar-refractivity contribution is 5.86. The van der Waals surface area contributed by atoms with Crippen molar-refractivity contribution in [2.45, 2.75) is 39.0 Å². The topological polar surface area (TPSA) is 64.6 Å². The van der Waals surface area contributed by atoms with Gasteiger partial charge in [-0.1, -0.05) is 97.1 Å². The van der Waals surface area contributed by atoms with Crippen LogP contribution in [0.25, 0.3) is 10.8 Å². The molecule has 0 aliphatic carbocycles. The van der Waals surface area contributed by atoms with E-state index in [1.54, 1.807) is 4.90 Å². The van der Waals surface area contributed by atoms with Crippen LogP contribution in [-0.4, -0.2) is 29.2 Å². The molecule has 4 aromatic carbocycles. The number of fused-ring (bicyclic) bond motifs is 1. The van der Waals surface area contributed by atoms with Crippen LogP contribution < -0.4 is 10.6 Å². The predicted octanol–water partition coefficient (Wildman–Crippen LogP) is 5.78. The number of nitrogens with zero attached hydrogens (tertiary/aromatic N) is 1.